The third kappa shape index (κ3) is 8.73. The van der Waals surface area contributed by atoms with Crippen LogP contribution in [0.15, 0.2) is 29.3 Å². The minimum Gasteiger partial charge on any atom is -0.466 e. The first-order chi connectivity index (χ1) is 11.7. The molecular weight excluding hydrogens is 343 g/mol. The molecule has 0 spiro atoms. The Morgan fingerprint density at radius 1 is 0.960 bits per heavy atom. The third-order valence-corrected chi connectivity index (χ3v) is 2.66. The van der Waals surface area contributed by atoms with Crippen molar-refractivity contribution in [1.29, 1.82) is 0 Å². The SMILES string of the molecule is CCOC(=O)CC(CC(=O)OCC)=Nc1ccc(OC(F)(F)F)cc1. The molecule has 0 bridgehead atoms. The molecule has 6 nitrogen and oxygen atoms in total. The molecule has 138 valence electrons. The summed E-state index contributed by atoms with van der Waals surface area (Å²) in [5.41, 5.74) is 0.444. The lowest BCUT2D eigenvalue weighted by Gasteiger charge is -2.09. The van der Waals surface area contributed by atoms with Crippen LogP contribution >= 0.6 is 0 Å². The van der Waals surface area contributed by atoms with Crippen molar-refractivity contribution in [2.75, 3.05) is 13.2 Å². The van der Waals surface area contributed by atoms with Crippen molar-refractivity contribution in [3.8, 4) is 5.75 Å². The Hall–Kier alpha value is -2.58. The lowest BCUT2D eigenvalue weighted by Crippen LogP contribution is -2.17. The predicted octanol–water partition coefficient (Wildman–Crippen LogP) is 3.56. The quantitative estimate of drug-likeness (QED) is 0.523. The number of nitrogens with zero attached hydrogens (tertiary/aromatic N) is 1. The van der Waals surface area contributed by atoms with Crippen LogP contribution in [0.5, 0.6) is 5.75 Å². The number of esters is 2. The topological polar surface area (TPSA) is 74.2 Å². The average molecular weight is 361 g/mol. The fourth-order valence-electron chi connectivity index (χ4n) is 1.80. The predicted molar refractivity (Wildman–Crippen MR) is 82.7 cm³/mol. The molecule has 0 fully saturated rings. The number of hydrogen-bond acceptors (Lipinski definition) is 6. The molecule has 0 saturated carbocycles. The molecule has 25 heavy (non-hydrogen) atoms. The number of alkyl halides is 3. The van der Waals surface area contributed by atoms with Gasteiger partial charge in [-0.3, -0.25) is 14.6 Å². The molecule has 1 aromatic rings. The van der Waals surface area contributed by atoms with E-state index in [1.165, 1.54) is 12.1 Å². The number of hydrogen-bond donors (Lipinski definition) is 0. The Morgan fingerprint density at radius 3 is 1.84 bits per heavy atom. The third-order valence-electron chi connectivity index (χ3n) is 2.66. The number of benzene rings is 1. The maximum atomic E-state index is 12.1. The van der Waals surface area contributed by atoms with E-state index < -0.39 is 24.1 Å². The highest BCUT2D eigenvalue weighted by molar-refractivity contribution is 6.07. The monoisotopic (exact) mass is 361 g/mol. The molecule has 0 aromatic heterocycles. The number of ether oxygens (including phenoxy) is 3. The van der Waals surface area contributed by atoms with Crippen LogP contribution in [0, 0.1) is 0 Å². The van der Waals surface area contributed by atoms with Gasteiger partial charge < -0.3 is 14.2 Å². The Bertz CT molecular complexity index is 589. The molecule has 0 aliphatic carbocycles. The summed E-state index contributed by atoms with van der Waals surface area (Å²) in [7, 11) is 0. The number of carbonyl (C=O) groups excluding carboxylic acids is 2. The first kappa shape index (κ1) is 20.5. The number of halogens is 3. The maximum Gasteiger partial charge on any atom is 0.573 e. The fourth-order valence-corrected chi connectivity index (χ4v) is 1.80. The smallest absolute Gasteiger partial charge is 0.466 e. The normalized spacial score (nSPS) is 10.8. The zero-order chi connectivity index (χ0) is 18.9. The van der Waals surface area contributed by atoms with Crippen LogP contribution in [0.4, 0.5) is 18.9 Å². The summed E-state index contributed by atoms with van der Waals surface area (Å²) >= 11 is 0. The molecule has 0 aliphatic rings. The highest BCUT2D eigenvalue weighted by Gasteiger charge is 2.30. The largest absolute Gasteiger partial charge is 0.573 e. The second-order valence-corrected chi connectivity index (χ2v) is 4.68. The van der Waals surface area contributed by atoms with Gasteiger partial charge in [0.25, 0.3) is 0 Å². The van der Waals surface area contributed by atoms with E-state index in [4.69, 9.17) is 9.47 Å². The van der Waals surface area contributed by atoms with Crippen molar-refractivity contribution in [3.05, 3.63) is 24.3 Å². The van der Waals surface area contributed by atoms with E-state index in [-0.39, 0.29) is 37.5 Å². The minimum atomic E-state index is -4.79. The van der Waals surface area contributed by atoms with Crippen molar-refractivity contribution in [2.24, 2.45) is 4.99 Å². The van der Waals surface area contributed by atoms with Crippen molar-refractivity contribution >= 4 is 23.3 Å². The number of carbonyl (C=O) groups is 2. The summed E-state index contributed by atoms with van der Waals surface area (Å²) in [5, 5.41) is 0. The summed E-state index contributed by atoms with van der Waals surface area (Å²) in [6, 6.07) is 4.71. The summed E-state index contributed by atoms with van der Waals surface area (Å²) in [4.78, 5) is 27.3. The second kappa shape index (κ2) is 9.65. The second-order valence-electron chi connectivity index (χ2n) is 4.68. The Kier molecular flexibility index (Phi) is 7.90. The Balaban J connectivity index is 2.91. The van der Waals surface area contributed by atoms with E-state index in [1.807, 2.05) is 0 Å². The van der Waals surface area contributed by atoms with Gasteiger partial charge in [0, 0.05) is 5.71 Å². The van der Waals surface area contributed by atoms with Gasteiger partial charge in [0.1, 0.15) is 5.75 Å². The van der Waals surface area contributed by atoms with Crippen LogP contribution in [0.3, 0.4) is 0 Å². The molecule has 0 heterocycles. The van der Waals surface area contributed by atoms with Crippen LogP contribution in [0.25, 0.3) is 0 Å². The minimum absolute atomic E-state index is 0.176. The zero-order valence-corrected chi connectivity index (χ0v) is 13.8. The van der Waals surface area contributed by atoms with E-state index in [9.17, 15) is 22.8 Å². The average Bonchev–Trinajstić information content (AvgIpc) is 2.48. The lowest BCUT2D eigenvalue weighted by molar-refractivity contribution is -0.274. The summed E-state index contributed by atoms with van der Waals surface area (Å²) in [6.07, 6.45) is -5.25. The molecule has 9 heteroatoms. The van der Waals surface area contributed by atoms with Crippen molar-refractivity contribution in [2.45, 2.75) is 33.1 Å². The van der Waals surface area contributed by atoms with Crippen LogP contribution in [-0.2, 0) is 19.1 Å². The van der Waals surface area contributed by atoms with Gasteiger partial charge in [-0.25, -0.2) is 0 Å². The fraction of sp³-hybridized carbons (Fsp3) is 0.438. The Morgan fingerprint density at radius 2 is 1.44 bits per heavy atom. The van der Waals surface area contributed by atoms with Crippen LogP contribution in [0.2, 0.25) is 0 Å². The summed E-state index contributed by atoms with van der Waals surface area (Å²) < 4.78 is 49.8. The lowest BCUT2D eigenvalue weighted by atomic mass is 10.2. The van der Waals surface area contributed by atoms with Crippen LogP contribution in [-0.4, -0.2) is 37.2 Å². The van der Waals surface area contributed by atoms with Crippen LogP contribution in [0.1, 0.15) is 26.7 Å². The molecule has 0 saturated heterocycles. The number of aliphatic imine (C=N–C) groups is 1. The van der Waals surface area contributed by atoms with E-state index in [2.05, 4.69) is 9.73 Å². The van der Waals surface area contributed by atoms with Gasteiger partial charge in [-0.05, 0) is 38.1 Å². The highest BCUT2D eigenvalue weighted by Crippen LogP contribution is 2.25. The Labute approximate surface area is 142 Å². The van der Waals surface area contributed by atoms with E-state index in [0.29, 0.717) is 0 Å². The molecule has 0 aliphatic heterocycles. The van der Waals surface area contributed by atoms with Crippen molar-refractivity contribution in [3.63, 3.8) is 0 Å². The zero-order valence-electron chi connectivity index (χ0n) is 13.8. The van der Waals surface area contributed by atoms with Gasteiger partial charge in [-0.15, -0.1) is 13.2 Å². The number of rotatable bonds is 8. The van der Waals surface area contributed by atoms with Crippen molar-refractivity contribution < 1.29 is 37.0 Å². The molecule has 0 unspecified atom stereocenters. The highest BCUT2D eigenvalue weighted by atomic mass is 19.4. The van der Waals surface area contributed by atoms with Gasteiger partial charge in [-0.1, -0.05) is 0 Å². The van der Waals surface area contributed by atoms with E-state index in [1.54, 1.807) is 13.8 Å². The molecule has 1 rings (SSSR count). The standard InChI is InChI=1S/C16H18F3NO5/c1-3-23-14(21)9-12(10-15(22)24-4-2)20-11-5-7-13(8-6-11)25-16(17,18)19/h5-8H,3-4,9-10H2,1-2H3. The van der Waals surface area contributed by atoms with Gasteiger partial charge >= 0.3 is 18.3 Å². The summed E-state index contributed by atoms with van der Waals surface area (Å²) in [5.74, 6) is -1.53. The van der Waals surface area contributed by atoms with Crippen molar-refractivity contribution in [1.82, 2.24) is 0 Å². The van der Waals surface area contributed by atoms with Gasteiger partial charge in [0.15, 0.2) is 0 Å². The van der Waals surface area contributed by atoms with Crippen LogP contribution < -0.4 is 4.74 Å². The molecule has 0 radical (unpaired) electrons. The summed E-state index contributed by atoms with van der Waals surface area (Å²) in [6.45, 7) is 3.63. The molecular formula is C16H18F3NO5. The van der Waals surface area contributed by atoms with E-state index >= 15 is 0 Å². The first-order valence-electron chi connectivity index (χ1n) is 7.47. The molecule has 0 N–H and O–H groups in total. The van der Waals surface area contributed by atoms with Gasteiger partial charge in [0.2, 0.25) is 0 Å². The molecule has 0 atom stereocenters. The van der Waals surface area contributed by atoms with Gasteiger partial charge in [0.05, 0.1) is 31.7 Å². The first-order valence-corrected chi connectivity index (χ1v) is 7.47. The van der Waals surface area contributed by atoms with Gasteiger partial charge in [-0.2, -0.15) is 0 Å². The maximum absolute atomic E-state index is 12.1. The molecule has 1 aromatic carbocycles. The van der Waals surface area contributed by atoms with E-state index in [0.717, 1.165) is 12.1 Å². The molecule has 0 amide bonds.